The lowest BCUT2D eigenvalue weighted by atomic mass is 10.1. The number of non-ortho nitro benzene ring substituents is 1. The number of rotatable bonds is 4. The summed E-state index contributed by atoms with van der Waals surface area (Å²) in [6, 6.07) is 3.08. The van der Waals surface area contributed by atoms with Crippen LogP contribution in [0.3, 0.4) is 0 Å². The summed E-state index contributed by atoms with van der Waals surface area (Å²) in [5.74, 6) is -1.36. The molecule has 1 aromatic rings. The lowest BCUT2D eigenvalue weighted by Crippen LogP contribution is -2.41. The fraction of sp³-hybridized carbons (Fsp3) is 0.385. The molecule has 0 spiro atoms. The summed E-state index contributed by atoms with van der Waals surface area (Å²) in [4.78, 5) is 34.6. The lowest BCUT2D eigenvalue weighted by molar-refractivity contribution is -0.384. The van der Waals surface area contributed by atoms with Crippen molar-refractivity contribution in [2.24, 2.45) is 0 Å². The third kappa shape index (κ3) is 3.30. The van der Waals surface area contributed by atoms with Crippen molar-refractivity contribution in [2.45, 2.75) is 25.3 Å². The van der Waals surface area contributed by atoms with Crippen LogP contribution in [0.25, 0.3) is 0 Å². The molecule has 0 radical (unpaired) electrons. The molecule has 1 atom stereocenters. The number of nitro benzene ring substituents is 1. The molecule has 0 unspecified atom stereocenters. The van der Waals surface area contributed by atoms with Crippen molar-refractivity contribution in [3.05, 3.63) is 38.9 Å². The number of carbonyl (C=O) groups is 2. The number of halogens is 1. The Labute approximate surface area is 125 Å². The number of carboxylic acids is 1. The number of amides is 1. The minimum absolute atomic E-state index is 0.0688. The van der Waals surface area contributed by atoms with Crippen molar-refractivity contribution in [3.8, 4) is 0 Å². The van der Waals surface area contributed by atoms with E-state index in [0.29, 0.717) is 24.9 Å². The predicted octanol–water partition coefficient (Wildman–Crippen LogP) is 1.87. The van der Waals surface area contributed by atoms with E-state index >= 15 is 0 Å². The summed E-state index contributed by atoms with van der Waals surface area (Å²) in [5.41, 5.74) is 0.295. The van der Waals surface area contributed by atoms with Crippen LogP contribution >= 0.6 is 11.6 Å². The average Bonchev–Trinajstić information content (AvgIpc) is 2.90. The highest BCUT2D eigenvalue weighted by molar-refractivity contribution is 6.31. The van der Waals surface area contributed by atoms with Gasteiger partial charge >= 0.3 is 5.97 Å². The van der Waals surface area contributed by atoms with Gasteiger partial charge in [0.25, 0.3) is 5.69 Å². The molecule has 1 aromatic carbocycles. The first-order chi connectivity index (χ1) is 9.90. The average molecular weight is 313 g/mol. The van der Waals surface area contributed by atoms with E-state index in [-0.39, 0.29) is 23.0 Å². The van der Waals surface area contributed by atoms with Gasteiger partial charge in [0.2, 0.25) is 5.91 Å². The normalized spacial score (nSPS) is 17.8. The highest BCUT2D eigenvalue weighted by atomic mass is 35.5. The molecule has 21 heavy (non-hydrogen) atoms. The van der Waals surface area contributed by atoms with Gasteiger partial charge in [0.15, 0.2) is 0 Å². The fourth-order valence-electron chi connectivity index (χ4n) is 2.38. The number of aliphatic carboxylic acids is 1. The maximum atomic E-state index is 12.2. The zero-order chi connectivity index (χ0) is 15.6. The summed E-state index contributed by atoms with van der Waals surface area (Å²) >= 11 is 5.93. The highest BCUT2D eigenvalue weighted by Crippen LogP contribution is 2.25. The highest BCUT2D eigenvalue weighted by Gasteiger charge is 2.33. The fourth-order valence-corrected chi connectivity index (χ4v) is 2.62. The molecule has 1 fully saturated rings. The number of hydrogen-bond donors (Lipinski definition) is 1. The van der Waals surface area contributed by atoms with Gasteiger partial charge in [0, 0.05) is 18.7 Å². The Hall–Kier alpha value is -2.15. The quantitative estimate of drug-likeness (QED) is 0.675. The standard InChI is InChI=1S/C13H13ClN2O5/c14-10-7-9(16(20)21)4-3-8(10)6-12(17)15-5-1-2-11(15)13(18)19/h3-4,7,11H,1-2,5-6H2,(H,18,19)/t11-/m0/s1. The molecule has 112 valence electrons. The van der Waals surface area contributed by atoms with E-state index in [2.05, 4.69) is 0 Å². The van der Waals surface area contributed by atoms with E-state index in [1.54, 1.807) is 0 Å². The molecular weight excluding hydrogens is 300 g/mol. The smallest absolute Gasteiger partial charge is 0.326 e. The second-order valence-corrected chi connectivity index (χ2v) is 5.20. The third-order valence-corrected chi connectivity index (χ3v) is 3.80. The molecule has 2 rings (SSSR count). The molecule has 1 aliphatic rings. The van der Waals surface area contributed by atoms with E-state index in [1.807, 2.05) is 0 Å². The van der Waals surface area contributed by atoms with E-state index in [0.717, 1.165) is 0 Å². The van der Waals surface area contributed by atoms with Gasteiger partial charge in [0.05, 0.1) is 16.4 Å². The summed E-state index contributed by atoms with van der Waals surface area (Å²) in [5, 5.41) is 19.8. The van der Waals surface area contributed by atoms with Crippen LogP contribution < -0.4 is 0 Å². The zero-order valence-corrected chi connectivity index (χ0v) is 11.7. The first-order valence-electron chi connectivity index (χ1n) is 6.35. The summed E-state index contributed by atoms with van der Waals surface area (Å²) in [7, 11) is 0. The molecule has 1 N–H and O–H groups in total. The number of nitro groups is 1. The van der Waals surface area contributed by atoms with Crippen molar-refractivity contribution in [1.82, 2.24) is 4.90 Å². The number of nitrogens with zero attached hydrogens (tertiary/aromatic N) is 2. The van der Waals surface area contributed by atoms with Gasteiger partial charge in [-0.1, -0.05) is 17.7 Å². The van der Waals surface area contributed by atoms with E-state index in [4.69, 9.17) is 16.7 Å². The van der Waals surface area contributed by atoms with Crippen LogP contribution in [0.4, 0.5) is 5.69 Å². The molecule has 7 nitrogen and oxygen atoms in total. The molecule has 0 saturated carbocycles. The van der Waals surface area contributed by atoms with Gasteiger partial charge in [-0.25, -0.2) is 4.79 Å². The molecule has 1 amide bonds. The number of carboxylic acid groups (broad SMARTS) is 1. The molecule has 0 aliphatic carbocycles. The van der Waals surface area contributed by atoms with E-state index in [1.165, 1.54) is 23.1 Å². The SMILES string of the molecule is O=C(O)[C@@H]1CCCN1C(=O)Cc1ccc([N+](=O)[O-])cc1Cl. The minimum atomic E-state index is -1.02. The van der Waals surface area contributed by atoms with Crippen LogP contribution in [0.5, 0.6) is 0 Å². The molecule has 1 heterocycles. The number of benzene rings is 1. The number of likely N-dealkylation sites (tertiary alicyclic amines) is 1. The summed E-state index contributed by atoms with van der Waals surface area (Å²) < 4.78 is 0. The minimum Gasteiger partial charge on any atom is -0.480 e. The Morgan fingerprint density at radius 2 is 2.19 bits per heavy atom. The second kappa shape index (κ2) is 6.09. The van der Waals surface area contributed by atoms with Gasteiger partial charge < -0.3 is 10.0 Å². The third-order valence-electron chi connectivity index (χ3n) is 3.45. The van der Waals surface area contributed by atoms with Gasteiger partial charge in [0.1, 0.15) is 6.04 Å². The molecule has 1 aliphatic heterocycles. The number of carbonyl (C=O) groups excluding carboxylic acids is 1. The summed E-state index contributed by atoms with van der Waals surface area (Å²) in [6.45, 7) is 0.403. The van der Waals surface area contributed by atoms with Gasteiger partial charge in [-0.2, -0.15) is 0 Å². The topological polar surface area (TPSA) is 101 Å². The van der Waals surface area contributed by atoms with E-state index < -0.39 is 16.9 Å². The predicted molar refractivity (Wildman–Crippen MR) is 74.2 cm³/mol. The Morgan fingerprint density at radius 3 is 2.76 bits per heavy atom. The maximum absolute atomic E-state index is 12.2. The Morgan fingerprint density at radius 1 is 1.48 bits per heavy atom. The molecule has 0 aromatic heterocycles. The molecule has 1 saturated heterocycles. The number of hydrogen-bond acceptors (Lipinski definition) is 4. The van der Waals surface area contributed by atoms with Crippen LogP contribution in [-0.2, 0) is 16.0 Å². The largest absolute Gasteiger partial charge is 0.480 e. The van der Waals surface area contributed by atoms with Gasteiger partial charge in [-0.15, -0.1) is 0 Å². The maximum Gasteiger partial charge on any atom is 0.326 e. The van der Waals surface area contributed by atoms with Gasteiger partial charge in [-0.05, 0) is 18.4 Å². The Bertz CT molecular complexity index is 604. The van der Waals surface area contributed by atoms with Crippen molar-refractivity contribution < 1.29 is 19.6 Å². The first kappa shape index (κ1) is 15.2. The van der Waals surface area contributed by atoms with Gasteiger partial charge in [-0.3, -0.25) is 14.9 Å². The van der Waals surface area contributed by atoms with Crippen molar-refractivity contribution in [1.29, 1.82) is 0 Å². The molecule has 8 heteroatoms. The molecular formula is C13H13ClN2O5. The van der Waals surface area contributed by atoms with Crippen molar-refractivity contribution >= 4 is 29.2 Å². The van der Waals surface area contributed by atoms with Crippen LogP contribution in [0.1, 0.15) is 18.4 Å². The monoisotopic (exact) mass is 312 g/mol. The first-order valence-corrected chi connectivity index (χ1v) is 6.73. The lowest BCUT2D eigenvalue weighted by Gasteiger charge is -2.21. The van der Waals surface area contributed by atoms with Crippen LogP contribution in [-0.4, -0.2) is 39.4 Å². The Balaban J connectivity index is 2.13. The van der Waals surface area contributed by atoms with E-state index in [9.17, 15) is 19.7 Å². The van der Waals surface area contributed by atoms with Crippen LogP contribution in [0.2, 0.25) is 5.02 Å². The summed E-state index contributed by atoms with van der Waals surface area (Å²) in [6.07, 6.45) is 1.02. The van der Waals surface area contributed by atoms with Crippen LogP contribution in [0, 0.1) is 10.1 Å². The Kier molecular flexibility index (Phi) is 4.42. The van der Waals surface area contributed by atoms with Crippen LogP contribution in [0.15, 0.2) is 18.2 Å². The molecule has 0 bridgehead atoms. The van der Waals surface area contributed by atoms with Crippen molar-refractivity contribution in [2.75, 3.05) is 6.54 Å². The zero-order valence-electron chi connectivity index (χ0n) is 11.0. The second-order valence-electron chi connectivity index (χ2n) is 4.79. The van der Waals surface area contributed by atoms with Crippen molar-refractivity contribution in [3.63, 3.8) is 0 Å².